The molecule has 3 rings (SSSR count). The van der Waals surface area contributed by atoms with E-state index in [1.54, 1.807) is 32.9 Å². The molecule has 18 heavy (non-hydrogen) atoms. The van der Waals surface area contributed by atoms with Gasteiger partial charge in [-0.3, -0.25) is 0 Å². The number of furan rings is 1. The molecule has 0 radical (unpaired) electrons. The first kappa shape index (κ1) is 10.9. The second-order valence-electron chi connectivity index (χ2n) is 4.53. The predicted octanol–water partition coefficient (Wildman–Crippen LogP) is 3.17. The smallest absolute Gasteiger partial charge is 0.347 e. The summed E-state index contributed by atoms with van der Waals surface area (Å²) in [6.07, 6.45) is 0. The van der Waals surface area contributed by atoms with Crippen LogP contribution < -0.4 is 5.63 Å². The highest BCUT2D eigenvalue weighted by Gasteiger charge is 2.17. The van der Waals surface area contributed by atoms with Crippen molar-refractivity contribution in [2.75, 3.05) is 0 Å². The van der Waals surface area contributed by atoms with E-state index in [4.69, 9.17) is 8.83 Å². The summed E-state index contributed by atoms with van der Waals surface area (Å²) in [6.45, 7) is 5.25. The van der Waals surface area contributed by atoms with E-state index in [-0.39, 0.29) is 5.75 Å². The van der Waals surface area contributed by atoms with Gasteiger partial charge in [-0.05, 0) is 32.4 Å². The number of aromatic hydroxyl groups is 1. The summed E-state index contributed by atoms with van der Waals surface area (Å²) in [7, 11) is 0. The van der Waals surface area contributed by atoms with Crippen LogP contribution in [0.2, 0.25) is 0 Å². The highest BCUT2D eigenvalue weighted by molar-refractivity contribution is 6.06. The highest BCUT2D eigenvalue weighted by Crippen LogP contribution is 2.35. The standard InChI is InChI=1S/C14H12O4/c1-6-4-9-11-10(5-7(2)17-14(11)16)18-13(9)8(3)12(6)15/h4-5,15H,1-3H3. The number of benzene rings is 1. The second kappa shape index (κ2) is 3.38. The van der Waals surface area contributed by atoms with Crippen LogP contribution in [0.4, 0.5) is 0 Å². The van der Waals surface area contributed by atoms with E-state index in [1.165, 1.54) is 0 Å². The minimum Gasteiger partial charge on any atom is -0.507 e. The van der Waals surface area contributed by atoms with E-state index in [9.17, 15) is 9.90 Å². The fourth-order valence-corrected chi connectivity index (χ4v) is 2.29. The Balaban J connectivity index is 2.65. The van der Waals surface area contributed by atoms with Crippen LogP contribution in [-0.4, -0.2) is 5.11 Å². The lowest BCUT2D eigenvalue weighted by Crippen LogP contribution is -1.98. The number of phenols is 1. The van der Waals surface area contributed by atoms with Crippen LogP contribution in [0.5, 0.6) is 5.75 Å². The normalized spacial score (nSPS) is 11.5. The first-order chi connectivity index (χ1) is 8.49. The molecule has 0 saturated carbocycles. The Morgan fingerprint density at radius 3 is 2.56 bits per heavy atom. The largest absolute Gasteiger partial charge is 0.507 e. The summed E-state index contributed by atoms with van der Waals surface area (Å²) in [5, 5.41) is 11.0. The molecular formula is C14H12O4. The number of phenolic OH excluding ortho intramolecular Hbond substituents is 1. The molecule has 0 amide bonds. The molecule has 2 aromatic heterocycles. The number of hydrogen-bond donors (Lipinski definition) is 1. The van der Waals surface area contributed by atoms with E-state index in [0.717, 1.165) is 0 Å². The molecule has 1 aromatic carbocycles. The van der Waals surface area contributed by atoms with Crippen molar-refractivity contribution in [1.29, 1.82) is 0 Å². The zero-order valence-electron chi connectivity index (χ0n) is 10.3. The molecule has 92 valence electrons. The lowest BCUT2D eigenvalue weighted by atomic mass is 10.1. The van der Waals surface area contributed by atoms with E-state index < -0.39 is 5.63 Å². The zero-order valence-corrected chi connectivity index (χ0v) is 10.3. The number of rotatable bonds is 0. The zero-order chi connectivity index (χ0) is 13.0. The van der Waals surface area contributed by atoms with Gasteiger partial charge in [-0.2, -0.15) is 0 Å². The van der Waals surface area contributed by atoms with Crippen molar-refractivity contribution >= 4 is 21.9 Å². The van der Waals surface area contributed by atoms with E-state index >= 15 is 0 Å². The first-order valence-electron chi connectivity index (χ1n) is 5.65. The molecule has 1 N–H and O–H groups in total. The Kier molecular flexibility index (Phi) is 2.05. The first-order valence-corrected chi connectivity index (χ1v) is 5.65. The predicted molar refractivity (Wildman–Crippen MR) is 68.1 cm³/mol. The summed E-state index contributed by atoms with van der Waals surface area (Å²) in [4.78, 5) is 11.9. The quantitative estimate of drug-likeness (QED) is 0.659. The van der Waals surface area contributed by atoms with Crippen LogP contribution in [0, 0.1) is 20.8 Å². The summed E-state index contributed by atoms with van der Waals surface area (Å²) in [5.74, 6) is 0.702. The van der Waals surface area contributed by atoms with Gasteiger partial charge in [-0.25, -0.2) is 4.79 Å². The molecule has 0 bridgehead atoms. The van der Waals surface area contributed by atoms with E-state index in [2.05, 4.69) is 0 Å². The Hall–Kier alpha value is -2.23. The molecule has 4 nitrogen and oxygen atoms in total. The van der Waals surface area contributed by atoms with E-state index in [0.29, 0.717) is 38.8 Å². The molecule has 0 unspecified atom stereocenters. The van der Waals surface area contributed by atoms with Crippen molar-refractivity contribution in [3.05, 3.63) is 39.4 Å². The second-order valence-corrected chi connectivity index (χ2v) is 4.53. The Morgan fingerprint density at radius 1 is 1.11 bits per heavy atom. The fourth-order valence-electron chi connectivity index (χ4n) is 2.29. The summed E-state index contributed by atoms with van der Waals surface area (Å²) < 4.78 is 10.7. The summed E-state index contributed by atoms with van der Waals surface area (Å²) >= 11 is 0. The maximum Gasteiger partial charge on any atom is 0.347 e. The van der Waals surface area contributed by atoms with Crippen LogP contribution in [0.1, 0.15) is 16.9 Å². The Morgan fingerprint density at radius 2 is 1.83 bits per heavy atom. The third-order valence-corrected chi connectivity index (χ3v) is 3.19. The Bertz CT molecular complexity index is 836. The number of fused-ring (bicyclic) bond motifs is 3. The number of hydrogen-bond acceptors (Lipinski definition) is 4. The monoisotopic (exact) mass is 244 g/mol. The number of aryl methyl sites for hydroxylation is 3. The van der Waals surface area contributed by atoms with Gasteiger partial charge >= 0.3 is 5.63 Å². The highest BCUT2D eigenvalue weighted by atomic mass is 16.4. The molecule has 3 aromatic rings. The third kappa shape index (κ3) is 1.29. The van der Waals surface area contributed by atoms with Crippen molar-refractivity contribution in [3.8, 4) is 5.75 Å². The van der Waals surface area contributed by atoms with Gasteiger partial charge in [0.2, 0.25) is 0 Å². The fraction of sp³-hybridized carbons (Fsp3) is 0.214. The van der Waals surface area contributed by atoms with Gasteiger partial charge in [0.05, 0.1) is 0 Å². The van der Waals surface area contributed by atoms with Crippen molar-refractivity contribution < 1.29 is 13.9 Å². The molecule has 0 spiro atoms. The van der Waals surface area contributed by atoms with Crippen LogP contribution in [-0.2, 0) is 0 Å². The molecular weight excluding hydrogens is 232 g/mol. The SMILES string of the molecule is Cc1cc2oc3c(C)c(O)c(C)cc3c2c(=O)o1. The van der Waals surface area contributed by atoms with Crippen LogP contribution >= 0.6 is 0 Å². The van der Waals surface area contributed by atoms with Gasteiger partial charge in [0.25, 0.3) is 0 Å². The minimum absolute atomic E-state index is 0.197. The topological polar surface area (TPSA) is 63.6 Å². The molecule has 0 fully saturated rings. The molecule has 0 aliphatic carbocycles. The van der Waals surface area contributed by atoms with Crippen LogP contribution in [0.25, 0.3) is 21.9 Å². The molecule has 0 atom stereocenters. The van der Waals surface area contributed by atoms with Crippen molar-refractivity contribution in [1.82, 2.24) is 0 Å². The van der Waals surface area contributed by atoms with Gasteiger partial charge in [0.1, 0.15) is 28.1 Å². The van der Waals surface area contributed by atoms with Crippen LogP contribution in [0.15, 0.2) is 25.8 Å². The van der Waals surface area contributed by atoms with Gasteiger partial charge in [-0.15, -0.1) is 0 Å². The van der Waals surface area contributed by atoms with Crippen LogP contribution in [0.3, 0.4) is 0 Å². The third-order valence-electron chi connectivity index (χ3n) is 3.19. The maximum atomic E-state index is 11.9. The minimum atomic E-state index is -0.409. The maximum absolute atomic E-state index is 11.9. The van der Waals surface area contributed by atoms with Crippen molar-refractivity contribution in [2.24, 2.45) is 0 Å². The lowest BCUT2D eigenvalue weighted by molar-refractivity contribution is 0.466. The summed E-state index contributed by atoms with van der Waals surface area (Å²) in [6, 6.07) is 3.43. The molecule has 0 saturated heterocycles. The van der Waals surface area contributed by atoms with Gasteiger partial charge in [0.15, 0.2) is 0 Å². The molecule has 4 heteroatoms. The molecule has 0 aliphatic rings. The Labute approximate surface area is 102 Å². The summed E-state index contributed by atoms with van der Waals surface area (Å²) in [5.41, 5.74) is 1.96. The van der Waals surface area contributed by atoms with Gasteiger partial charge < -0.3 is 13.9 Å². The van der Waals surface area contributed by atoms with Gasteiger partial charge in [-0.1, -0.05) is 0 Å². The average Bonchev–Trinajstić information content (AvgIpc) is 2.64. The average molecular weight is 244 g/mol. The van der Waals surface area contributed by atoms with Gasteiger partial charge in [0, 0.05) is 17.0 Å². The van der Waals surface area contributed by atoms with Crippen molar-refractivity contribution in [3.63, 3.8) is 0 Å². The molecule has 0 aliphatic heterocycles. The van der Waals surface area contributed by atoms with Crippen molar-refractivity contribution in [2.45, 2.75) is 20.8 Å². The molecule has 2 heterocycles. The van der Waals surface area contributed by atoms with E-state index in [1.807, 2.05) is 0 Å². The lowest BCUT2D eigenvalue weighted by Gasteiger charge is -2.02.